The Labute approximate surface area is 97.9 Å². The van der Waals surface area contributed by atoms with Crippen LogP contribution in [0.1, 0.15) is 11.1 Å². The molecule has 0 saturated carbocycles. The van der Waals surface area contributed by atoms with Gasteiger partial charge in [0.1, 0.15) is 0 Å². The van der Waals surface area contributed by atoms with Crippen molar-refractivity contribution < 1.29 is 0 Å². The Hall–Kier alpha value is -1.55. The Bertz CT molecular complexity index is 519. The highest BCUT2D eigenvalue weighted by Gasteiger charge is 1.97. The van der Waals surface area contributed by atoms with Gasteiger partial charge in [-0.05, 0) is 18.6 Å². The maximum atomic E-state index is 11.0. The van der Waals surface area contributed by atoms with Crippen molar-refractivity contribution in [2.75, 3.05) is 0 Å². The fourth-order valence-electron chi connectivity index (χ4n) is 1.28. The van der Waals surface area contributed by atoms with Crippen LogP contribution >= 0.6 is 11.8 Å². The van der Waals surface area contributed by atoms with Crippen LogP contribution in [0.25, 0.3) is 0 Å². The Morgan fingerprint density at radius 1 is 1.25 bits per heavy atom. The molecule has 1 N–H and O–H groups in total. The van der Waals surface area contributed by atoms with Crippen LogP contribution in [0.3, 0.4) is 0 Å². The molecule has 2 rings (SSSR count). The smallest absolute Gasteiger partial charge is 0.300 e. The summed E-state index contributed by atoms with van der Waals surface area (Å²) in [5, 5.41) is 0.848. The van der Waals surface area contributed by atoms with Crippen molar-refractivity contribution in [3.8, 4) is 0 Å². The normalized spacial score (nSPS) is 10.3. The van der Waals surface area contributed by atoms with Crippen LogP contribution in [0.4, 0.5) is 0 Å². The summed E-state index contributed by atoms with van der Waals surface area (Å²) in [5.41, 5.74) is 2.20. The molecule has 0 unspecified atom stereocenters. The van der Waals surface area contributed by atoms with Gasteiger partial charge in [-0.25, -0.2) is 9.78 Å². The topological polar surface area (TPSA) is 45.8 Å². The van der Waals surface area contributed by atoms with Gasteiger partial charge in [-0.2, -0.15) is 0 Å². The predicted octanol–water partition coefficient (Wildman–Crippen LogP) is 2.37. The molecular formula is C12H12N2OS. The van der Waals surface area contributed by atoms with Crippen molar-refractivity contribution in [3.05, 3.63) is 58.1 Å². The molecule has 0 amide bonds. The lowest BCUT2D eigenvalue weighted by molar-refractivity contribution is 0.978. The zero-order valence-corrected chi connectivity index (χ0v) is 9.75. The second-order valence-electron chi connectivity index (χ2n) is 3.51. The summed E-state index contributed by atoms with van der Waals surface area (Å²) in [5.74, 6) is 0.847. The summed E-state index contributed by atoms with van der Waals surface area (Å²) >= 11 is 1.60. The van der Waals surface area contributed by atoms with Crippen LogP contribution in [0.15, 0.2) is 46.3 Å². The summed E-state index contributed by atoms with van der Waals surface area (Å²) < 4.78 is 0. The van der Waals surface area contributed by atoms with Gasteiger partial charge >= 0.3 is 5.69 Å². The number of hydrogen-bond acceptors (Lipinski definition) is 3. The highest BCUT2D eigenvalue weighted by molar-refractivity contribution is 7.98. The molecule has 1 aromatic heterocycles. The summed E-state index contributed by atoms with van der Waals surface area (Å²) in [6, 6.07) is 10.2. The summed E-state index contributed by atoms with van der Waals surface area (Å²) in [6.07, 6.45) is 1.52. The molecule has 1 heterocycles. The number of hydrogen-bond donors (Lipinski definition) is 1. The number of benzene rings is 1. The quantitative estimate of drug-likeness (QED) is 0.652. The molecule has 0 spiro atoms. The van der Waals surface area contributed by atoms with Crippen LogP contribution in [-0.2, 0) is 5.75 Å². The fourth-order valence-corrected chi connectivity index (χ4v) is 2.11. The van der Waals surface area contributed by atoms with Crippen LogP contribution in [0, 0.1) is 6.92 Å². The van der Waals surface area contributed by atoms with E-state index >= 15 is 0 Å². The standard InChI is InChI=1S/C12H12N2OS/c1-9-2-4-10(5-3-9)8-16-11-6-7-13-12(15)14-11/h2-7H,8H2,1H3,(H,13,14,15). The SMILES string of the molecule is Cc1ccc(CSc2ccnc(=O)[nH]2)cc1. The Balaban J connectivity index is 2.02. The lowest BCUT2D eigenvalue weighted by atomic mass is 10.2. The Morgan fingerprint density at radius 2 is 2.00 bits per heavy atom. The van der Waals surface area contributed by atoms with Gasteiger partial charge in [0.2, 0.25) is 0 Å². The first-order valence-electron chi connectivity index (χ1n) is 4.98. The molecule has 0 radical (unpaired) electrons. The van der Waals surface area contributed by atoms with Crippen molar-refractivity contribution >= 4 is 11.8 Å². The average molecular weight is 232 g/mol. The van der Waals surface area contributed by atoms with Crippen molar-refractivity contribution in [3.63, 3.8) is 0 Å². The van der Waals surface area contributed by atoms with Gasteiger partial charge in [-0.3, -0.25) is 0 Å². The zero-order chi connectivity index (χ0) is 11.4. The first kappa shape index (κ1) is 11.0. The van der Waals surface area contributed by atoms with E-state index in [9.17, 15) is 4.79 Å². The number of aromatic amines is 1. The molecule has 1 aromatic carbocycles. The van der Waals surface area contributed by atoms with Gasteiger partial charge in [0.15, 0.2) is 0 Å². The van der Waals surface area contributed by atoms with Gasteiger partial charge in [0, 0.05) is 11.9 Å². The van der Waals surface area contributed by atoms with E-state index in [1.807, 2.05) is 0 Å². The monoisotopic (exact) mass is 232 g/mol. The van der Waals surface area contributed by atoms with E-state index in [0.717, 1.165) is 10.8 Å². The highest BCUT2D eigenvalue weighted by Crippen LogP contribution is 2.19. The minimum absolute atomic E-state index is 0.297. The number of aromatic nitrogens is 2. The molecule has 82 valence electrons. The third-order valence-electron chi connectivity index (χ3n) is 2.16. The number of aryl methyl sites for hydroxylation is 1. The molecule has 0 aliphatic carbocycles. The van der Waals surface area contributed by atoms with Crippen LogP contribution in [0.5, 0.6) is 0 Å². The predicted molar refractivity (Wildman–Crippen MR) is 65.6 cm³/mol. The fraction of sp³-hybridized carbons (Fsp3) is 0.167. The molecule has 2 aromatic rings. The average Bonchev–Trinajstić information content (AvgIpc) is 2.28. The second kappa shape index (κ2) is 4.99. The van der Waals surface area contributed by atoms with Crippen LogP contribution < -0.4 is 5.69 Å². The highest BCUT2D eigenvalue weighted by atomic mass is 32.2. The molecule has 3 nitrogen and oxygen atoms in total. The second-order valence-corrected chi connectivity index (χ2v) is 4.53. The zero-order valence-electron chi connectivity index (χ0n) is 8.93. The van der Waals surface area contributed by atoms with E-state index in [1.165, 1.54) is 17.3 Å². The maximum Gasteiger partial charge on any atom is 0.345 e. The minimum Gasteiger partial charge on any atom is -0.300 e. The molecule has 0 aliphatic rings. The molecule has 0 atom stereocenters. The van der Waals surface area contributed by atoms with Crippen molar-refractivity contribution in [2.45, 2.75) is 17.7 Å². The van der Waals surface area contributed by atoms with Gasteiger partial charge < -0.3 is 4.98 Å². The molecule has 0 saturated heterocycles. The lowest BCUT2D eigenvalue weighted by Gasteiger charge is -2.01. The Kier molecular flexibility index (Phi) is 3.41. The van der Waals surface area contributed by atoms with Gasteiger partial charge in [0.25, 0.3) is 0 Å². The van der Waals surface area contributed by atoms with Crippen molar-refractivity contribution in [2.24, 2.45) is 0 Å². The van der Waals surface area contributed by atoms with Gasteiger partial charge in [-0.15, -0.1) is 11.8 Å². The number of H-pyrrole nitrogens is 1. The molecule has 16 heavy (non-hydrogen) atoms. The van der Waals surface area contributed by atoms with E-state index in [2.05, 4.69) is 41.2 Å². The van der Waals surface area contributed by atoms with E-state index in [4.69, 9.17) is 0 Å². The summed E-state index contributed by atoms with van der Waals surface area (Å²) in [7, 11) is 0. The van der Waals surface area contributed by atoms with Crippen molar-refractivity contribution in [1.82, 2.24) is 9.97 Å². The molecule has 0 fully saturated rings. The molecule has 0 aliphatic heterocycles. The first-order chi connectivity index (χ1) is 7.74. The van der Waals surface area contributed by atoms with Crippen LogP contribution in [0.2, 0.25) is 0 Å². The van der Waals surface area contributed by atoms with Gasteiger partial charge in [-0.1, -0.05) is 29.8 Å². The molecular weight excluding hydrogens is 220 g/mol. The number of thioether (sulfide) groups is 1. The van der Waals surface area contributed by atoms with Crippen molar-refractivity contribution in [1.29, 1.82) is 0 Å². The third-order valence-corrected chi connectivity index (χ3v) is 3.19. The molecule has 0 bridgehead atoms. The first-order valence-corrected chi connectivity index (χ1v) is 5.96. The number of nitrogens with zero attached hydrogens (tertiary/aromatic N) is 1. The van der Waals surface area contributed by atoms with E-state index in [0.29, 0.717) is 0 Å². The minimum atomic E-state index is -0.297. The maximum absolute atomic E-state index is 11.0. The Morgan fingerprint density at radius 3 is 2.69 bits per heavy atom. The number of rotatable bonds is 3. The third kappa shape index (κ3) is 2.97. The lowest BCUT2D eigenvalue weighted by Crippen LogP contribution is -2.08. The van der Waals surface area contributed by atoms with E-state index in [-0.39, 0.29) is 5.69 Å². The number of nitrogens with one attached hydrogen (secondary N) is 1. The summed E-state index contributed by atoms with van der Waals surface area (Å²) in [6.45, 7) is 2.07. The van der Waals surface area contributed by atoms with Crippen LogP contribution in [-0.4, -0.2) is 9.97 Å². The van der Waals surface area contributed by atoms with Gasteiger partial charge in [0.05, 0.1) is 5.03 Å². The summed E-state index contributed by atoms with van der Waals surface area (Å²) in [4.78, 5) is 17.2. The molecule has 4 heteroatoms. The van der Waals surface area contributed by atoms with E-state index < -0.39 is 0 Å². The van der Waals surface area contributed by atoms with E-state index in [1.54, 1.807) is 17.8 Å². The largest absolute Gasteiger partial charge is 0.345 e.